The molecule has 0 aliphatic carbocycles. The second-order valence-electron chi connectivity index (χ2n) is 4.73. The molecule has 0 heterocycles. The van der Waals surface area contributed by atoms with Gasteiger partial charge in [0.05, 0.1) is 0 Å². The van der Waals surface area contributed by atoms with Crippen molar-refractivity contribution in [2.75, 3.05) is 18.0 Å². The van der Waals surface area contributed by atoms with Gasteiger partial charge in [-0.15, -0.1) is 0 Å². The zero-order chi connectivity index (χ0) is 14.5. The van der Waals surface area contributed by atoms with Gasteiger partial charge in [-0.3, -0.25) is 0 Å². The van der Waals surface area contributed by atoms with Crippen LogP contribution in [-0.4, -0.2) is 13.1 Å². The summed E-state index contributed by atoms with van der Waals surface area (Å²) in [4.78, 5) is 2.32. The molecule has 0 amide bonds. The molecular weight excluding hydrogens is 361 g/mol. The largest absolute Gasteiger partial charge is 0.457 e. The molecule has 0 aliphatic heterocycles. The number of hydrogen-bond donors (Lipinski definition) is 0. The van der Waals surface area contributed by atoms with Crippen LogP contribution in [0.25, 0.3) is 0 Å². The van der Waals surface area contributed by atoms with E-state index in [2.05, 4.69) is 78.6 Å². The van der Waals surface area contributed by atoms with E-state index in [4.69, 9.17) is 4.74 Å². The first kappa shape index (κ1) is 15.2. The highest BCUT2D eigenvalue weighted by Gasteiger charge is 2.06. The molecule has 0 aliphatic rings. The Bertz CT molecular complexity index is 562. The fourth-order valence-corrected chi connectivity index (χ4v) is 2.75. The normalized spacial score (nSPS) is 10.4. The molecule has 2 aromatic carbocycles. The van der Waals surface area contributed by atoms with E-state index in [9.17, 15) is 0 Å². The van der Waals surface area contributed by atoms with Crippen molar-refractivity contribution >= 4 is 28.3 Å². The highest BCUT2D eigenvalue weighted by atomic mass is 127. The van der Waals surface area contributed by atoms with E-state index < -0.39 is 0 Å². The molecule has 106 valence electrons. The van der Waals surface area contributed by atoms with Crippen LogP contribution in [0.15, 0.2) is 42.5 Å². The molecule has 0 bridgehead atoms. The summed E-state index contributed by atoms with van der Waals surface area (Å²) in [6.45, 7) is 8.42. The molecule has 20 heavy (non-hydrogen) atoms. The number of aryl methyl sites for hydroxylation is 1. The number of hydrogen-bond acceptors (Lipinski definition) is 2. The van der Waals surface area contributed by atoms with Gasteiger partial charge in [0.1, 0.15) is 11.5 Å². The summed E-state index contributed by atoms with van der Waals surface area (Å²) in [5.74, 6) is 1.77. The molecule has 2 rings (SSSR count). The van der Waals surface area contributed by atoms with E-state index in [1.807, 2.05) is 12.1 Å². The summed E-state index contributed by atoms with van der Waals surface area (Å²) in [6, 6.07) is 14.5. The van der Waals surface area contributed by atoms with E-state index in [1.54, 1.807) is 0 Å². The maximum atomic E-state index is 5.96. The molecule has 0 radical (unpaired) electrons. The van der Waals surface area contributed by atoms with Crippen molar-refractivity contribution in [1.82, 2.24) is 0 Å². The van der Waals surface area contributed by atoms with Crippen LogP contribution >= 0.6 is 22.6 Å². The molecule has 0 unspecified atom stereocenters. The third-order valence-corrected chi connectivity index (χ3v) is 3.86. The number of rotatable bonds is 5. The molecule has 0 fully saturated rings. The summed E-state index contributed by atoms with van der Waals surface area (Å²) < 4.78 is 7.15. The van der Waals surface area contributed by atoms with Gasteiger partial charge in [-0.05, 0) is 67.6 Å². The first-order chi connectivity index (χ1) is 9.62. The van der Waals surface area contributed by atoms with E-state index in [0.29, 0.717) is 0 Å². The molecule has 2 nitrogen and oxygen atoms in total. The lowest BCUT2D eigenvalue weighted by Crippen LogP contribution is -2.21. The molecule has 2 aromatic rings. The zero-order valence-corrected chi connectivity index (χ0v) is 14.3. The van der Waals surface area contributed by atoms with Gasteiger partial charge in [0.25, 0.3) is 0 Å². The Morgan fingerprint density at radius 2 is 1.60 bits per heavy atom. The minimum absolute atomic E-state index is 0.878. The Balaban J connectivity index is 2.25. The lowest BCUT2D eigenvalue weighted by atomic mass is 10.2. The molecule has 3 heteroatoms. The van der Waals surface area contributed by atoms with E-state index in [1.165, 1.54) is 14.8 Å². The third-order valence-electron chi connectivity index (χ3n) is 3.24. The van der Waals surface area contributed by atoms with Crippen LogP contribution < -0.4 is 9.64 Å². The van der Waals surface area contributed by atoms with Crippen LogP contribution in [0.1, 0.15) is 19.4 Å². The molecule has 0 saturated carbocycles. The van der Waals surface area contributed by atoms with Crippen molar-refractivity contribution in [1.29, 1.82) is 0 Å². The molecule has 0 N–H and O–H groups in total. The first-order valence-corrected chi connectivity index (χ1v) is 8.00. The summed E-state index contributed by atoms with van der Waals surface area (Å²) >= 11 is 2.34. The first-order valence-electron chi connectivity index (χ1n) is 6.92. The predicted octanol–water partition coefficient (Wildman–Crippen LogP) is 5.24. The third kappa shape index (κ3) is 3.88. The Kier molecular flexibility index (Phi) is 5.29. The Morgan fingerprint density at radius 1 is 0.950 bits per heavy atom. The lowest BCUT2D eigenvalue weighted by Gasteiger charge is -2.22. The highest BCUT2D eigenvalue weighted by molar-refractivity contribution is 14.1. The molecule has 0 saturated heterocycles. The predicted molar refractivity (Wildman–Crippen MR) is 94.0 cm³/mol. The number of ether oxygens (including phenoxy) is 1. The van der Waals surface area contributed by atoms with Gasteiger partial charge in [0.15, 0.2) is 0 Å². The summed E-state index contributed by atoms with van der Waals surface area (Å²) in [7, 11) is 0. The van der Waals surface area contributed by atoms with Crippen molar-refractivity contribution < 1.29 is 4.74 Å². The Morgan fingerprint density at radius 3 is 2.20 bits per heavy atom. The van der Waals surface area contributed by atoms with Crippen molar-refractivity contribution in [3.05, 3.63) is 51.6 Å². The van der Waals surface area contributed by atoms with Gasteiger partial charge in [-0.1, -0.05) is 17.7 Å². The van der Waals surface area contributed by atoms with E-state index >= 15 is 0 Å². The second kappa shape index (κ2) is 6.97. The molecular formula is C17H20INO. The van der Waals surface area contributed by atoms with Crippen LogP contribution in [-0.2, 0) is 0 Å². The minimum atomic E-state index is 0.878. The maximum Gasteiger partial charge on any atom is 0.130 e. The average Bonchev–Trinajstić information content (AvgIpc) is 2.42. The van der Waals surface area contributed by atoms with E-state index in [0.717, 1.165) is 24.6 Å². The van der Waals surface area contributed by atoms with Crippen LogP contribution in [0, 0.1) is 10.5 Å². The highest BCUT2D eigenvalue weighted by Crippen LogP contribution is 2.29. The molecule has 0 atom stereocenters. The lowest BCUT2D eigenvalue weighted by molar-refractivity contribution is 0.482. The van der Waals surface area contributed by atoms with Crippen molar-refractivity contribution in [3.63, 3.8) is 0 Å². The van der Waals surface area contributed by atoms with Crippen molar-refractivity contribution in [3.8, 4) is 11.5 Å². The Hall–Kier alpha value is -1.23. The molecule has 0 spiro atoms. The molecule has 0 aromatic heterocycles. The summed E-state index contributed by atoms with van der Waals surface area (Å²) in [5.41, 5.74) is 2.45. The Labute approximate surface area is 134 Å². The van der Waals surface area contributed by atoms with Gasteiger partial charge in [0.2, 0.25) is 0 Å². The van der Waals surface area contributed by atoms with Gasteiger partial charge in [0, 0.05) is 28.4 Å². The number of nitrogens with zero attached hydrogens (tertiary/aromatic N) is 1. The van der Waals surface area contributed by atoms with Crippen LogP contribution in [0.5, 0.6) is 11.5 Å². The smallest absolute Gasteiger partial charge is 0.130 e. The fourth-order valence-electron chi connectivity index (χ4n) is 2.12. The summed E-state index contributed by atoms with van der Waals surface area (Å²) in [5, 5.41) is 0. The second-order valence-corrected chi connectivity index (χ2v) is 5.98. The maximum absolute atomic E-state index is 5.96. The quantitative estimate of drug-likeness (QED) is 0.657. The van der Waals surface area contributed by atoms with Gasteiger partial charge >= 0.3 is 0 Å². The topological polar surface area (TPSA) is 12.5 Å². The van der Waals surface area contributed by atoms with Gasteiger partial charge < -0.3 is 9.64 Å². The summed E-state index contributed by atoms with van der Waals surface area (Å²) in [6.07, 6.45) is 0. The van der Waals surface area contributed by atoms with Crippen molar-refractivity contribution in [2.45, 2.75) is 20.8 Å². The van der Waals surface area contributed by atoms with Crippen LogP contribution in [0.3, 0.4) is 0 Å². The SMILES string of the molecule is CCN(CC)c1cc(I)cc(Oc2ccc(C)cc2)c1. The average molecular weight is 381 g/mol. The number of anilines is 1. The van der Waals surface area contributed by atoms with Crippen molar-refractivity contribution in [2.24, 2.45) is 0 Å². The monoisotopic (exact) mass is 381 g/mol. The zero-order valence-electron chi connectivity index (χ0n) is 12.2. The van der Waals surface area contributed by atoms with Crippen LogP contribution in [0.4, 0.5) is 5.69 Å². The number of halogens is 1. The standard InChI is InChI=1S/C17H20INO/c1-4-19(5-2)15-10-14(18)11-17(12-15)20-16-8-6-13(3)7-9-16/h6-12H,4-5H2,1-3H3. The number of benzene rings is 2. The van der Waals surface area contributed by atoms with Gasteiger partial charge in [-0.25, -0.2) is 0 Å². The minimum Gasteiger partial charge on any atom is -0.457 e. The van der Waals surface area contributed by atoms with E-state index in [-0.39, 0.29) is 0 Å². The fraction of sp³-hybridized carbons (Fsp3) is 0.294. The van der Waals surface area contributed by atoms with Crippen LogP contribution in [0.2, 0.25) is 0 Å². The van der Waals surface area contributed by atoms with Gasteiger partial charge in [-0.2, -0.15) is 0 Å².